The molecule has 3 heterocycles. The van der Waals surface area contributed by atoms with Crippen LogP contribution in [0.5, 0.6) is 0 Å². The summed E-state index contributed by atoms with van der Waals surface area (Å²) in [6.07, 6.45) is 9.03. The van der Waals surface area contributed by atoms with Gasteiger partial charge in [-0.15, -0.1) is 0 Å². The molecule has 0 radical (unpaired) electrons. The largest absolute Gasteiger partial charge is 0.373 e. The van der Waals surface area contributed by atoms with Crippen LogP contribution in [0.2, 0.25) is 0 Å². The number of nitrogens with zero attached hydrogens (tertiary/aromatic N) is 4. The fraction of sp³-hybridized carbons (Fsp3) is 0.400. The average molecular weight is 351 g/mol. The number of nitrogens with one attached hydrogen (secondary N) is 1. The molecule has 4 rings (SSSR count). The summed E-state index contributed by atoms with van der Waals surface area (Å²) >= 11 is 0. The molecule has 6 nitrogen and oxygen atoms in total. The Bertz CT molecular complexity index is 826. The van der Waals surface area contributed by atoms with Gasteiger partial charge in [-0.3, -0.25) is 9.36 Å². The van der Waals surface area contributed by atoms with Gasteiger partial charge >= 0.3 is 0 Å². The van der Waals surface area contributed by atoms with Crippen LogP contribution >= 0.6 is 0 Å². The van der Waals surface area contributed by atoms with Gasteiger partial charge in [-0.25, -0.2) is 0 Å². The third-order valence-electron chi connectivity index (χ3n) is 5.00. The van der Waals surface area contributed by atoms with Crippen LogP contribution in [0.3, 0.4) is 0 Å². The van der Waals surface area contributed by atoms with E-state index in [1.54, 1.807) is 0 Å². The van der Waals surface area contributed by atoms with Crippen LogP contribution in [0.4, 0.5) is 0 Å². The number of aromatic nitrogens is 4. The van der Waals surface area contributed by atoms with E-state index in [2.05, 4.69) is 46.0 Å². The van der Waals surface area contributed by atoms with Crippen molar-refractivity contribution in [3.8, 4) is 0 Å². The van der Waals surface area contributed by atoms with Gasteiger partial charge in [0.1, 0.15) is 0 Å². The Hall–Kier alpha value is -2.44. The van der Waals surface area contributed by atoms with Crippen molar-refractivity contribution in [2.24, 2.45) is 13.0 Å². The Morgan fingerprint density at radius 2 is 2.08 bits per heavy atom. The zero-order chi connectivity index (χ0) is 17.8. The van der Waals surface area contributed by atoms with Crippen LogP contribution in [-0.2, 0) is 24.9 Å². The summed E-state index contributed by atoms with van der Waals surface area (Å²) in [5, 5.41) is 12.2. The Kier molecular flexibility index (Phi) is 5.13. The topological polar surface area (TPSA) is 56.9 Å². The summed E-state index contributed by atoms with van der Waals surface area (Å²) in [5.74, 6) is 0.484. The lowest BCUT2D eigenvalue weighted by Gasteiger charge is -2.18. The molecule has 0 aliphatic carbocycles. The minimum absolute atomic E-state index is 0.149. The maximum Gasteiger partial charge on any atom is 0.0896 e. The molecule has 2 aromatic heterocycles. The summed E-state index contributed by atoms with van der Waals surface area (Å²) in [6.45, 7) is 3.42. The van der Waals surface area contributed by atoms with Gasteiger partial charge in [-0.05, 0) is 23.6 Å². The molecule has 26 heavy (non-hydrogen) atoms. The van der Waals surface area contributed by atoms with Gasteiger partial charge in [-0.1, -0.05) is 24.3 Å². The highest BCUT2D eigenvalue weighted by molar-refractivity contribution is 5.27. The SMILES string of the molecule is Cn1cc([C@H]2OCC[C@@H]2CNCc2ccccc2Cn2cccn2)cn1. The van der Waals surface area contributed by atoms with E-state index < -0.39 is 0 Å². The minimum Gasteiger partial charge on any atom is -0.373 e. The first-order chi connectivity index (χ1) is 12.8. The molecule has 1 aliphatic rings. The van der Waals surface area contributed by atoms with E-state index in [1.807, 2.05) is 41.1 Å². The summed E-state index contributed by atoms with van der Waals surface area (Å²) in [7, 11) is 1.95. The number of hydrogen-bond donors (Lipinski definition) is 1. The van der Waals surface area contributed by atoms with Gasteiger partial charge in [0.15, 0.2) is 0 Å². The molecule has 1 fully saturated rings. The summed E-state index contributed by atoms with van der Waals surface area (Å²) in [5.41, 5.74) is 3.80. The van der Waals surface area contributed by atoms with Crippen LogP contribution in [0.15, 0.2) is 55.1 Å². The minimum atomic E-state index is 0.149. The second-order valence-electron chi connectivity index (χ2n) is 6.89. The second-order valence-corrected chi connectivity index (χ2v) is 6.89. The lowest BCUT2D eigenvalue weighted by molar-refractivity contribution is 0.0904. The Morgan fingerprint density at radius 3 is 2.85 bits per heavy atom. The van der Waals surface area contributed by atoms with E-state index in [9.17, 15) is 0 Å². The van der Waals surface area contributed by atoms with E-state index in [1.165, 1.54) is 16.7 Å². The first kappa shape index (κ1) is 17.0. The molecule has 1 saturated heterocycles. The molecule has 0 saturated carbocycles. The molecule has 0 spiro atoms. The Morgan fingerprint density at radius 1 is 1.19 bits per heavy atom. The van der Waals surface area contributed by atoms with Crippen molar-refractivity contribution in [3.05, 3.63) is 71.8 Å². The number of ether oxygens (including phenoxy) is 1. The molecule has 1 aliphatic heterocycles. The van der Waals surface area contributed by atoms with Crippen LogP contribution < -0.4 is 5.32 Å². The third-order valence-corrected chi connectivity index (χ3v) is 5.00. The zero-order valence-corrected chi connectivity index (χ0v) is 15.1. The molecule has 1 N–H and O–H groups in total. The van der Waals surface area contributed by atoms with Crippen molar-refractivity contribution in [2.45, 2.75) is 25.6 Å². The maximum absolute atomic E-state index is 5.96. The molecule has 3 aromatic rings. The molecule has 6 heteroatoms. The average Bonchev–Trinajstić information content (AvgIpc) is 3.38. The van der Waals surface area contributed by atoms with Crippen LogP contribution in [0.1, 0.15) is 29.2 Å². The van der Waals surface area contributed by atoms with Crippen molar-refractivity contribution in [1.29, 1.82) is 0 Å². The van der Waals surface area contributed by atoms with Crippen molar-refractivity contribution >= 4 is 0 Å². The molecule has 2 atom stereocenters. The van der Waals surface area contributed by atoms with Gasteiger partial charge in [-0.2, -0.15) is 10.2 Å². The molecular formula is C20H25N5O. The second kappa shape index (κ2) is 7.85. The van der Waals surface area contributed by atoms with Gasteiger partial charge in [0.25, 0.3) is 0 Å². The van der Waals surface area contributed by atoms with Crippen molar-refractivity contribution in [2.75, 3.05) is 13.2 Å². The summed E-state index contributed by atoms with van der Waals surface area (Å²) in [6, 6.07) is 10.5. The normalized spacial score (nSPS) is 19.9. The van der Waals surface area contributed by atoms with Crippen LogP contribution in [0, 0.1) is 5.92 Å². The first-order valence-electron chi connectivity index (χ1n) is 9.14. The highest BCUT2D eigenvalue weighted by Crippen LogP contribution is 2.33. The number of aryl methyl sites for hydroxylation is 1. The van der Waals surface area contributed by atoms with E-state index >= 15 is 0 Å². The third kappa shape index (κ3) is 3.86. The molecule has 1 aromatic carbocycles. The smallest absolute Gasteiger partial charge is 0.0896 e. The van der Waals surface area contributed by atoms with E-state index in [-0.39, 0.29) is 6.10 Å². The quantitative estimate of drug-likeness (QED) is 0.711. The molecule has 136 valence electrons. The Balaban J connectivity index is 1.36. The van der Waals surface area contributed by atoms with E-state index in [4.69, 9.17) is 4.74 Å². The molecule has 0 amide bonds. The van der Waals surface area contributed by atoms with E-state index in [0.717, 1.165) is 32.7 Å². The van der Waals surface area contributed by atoms with Gasteiger partial charge in [0.05, 0.1) is 18.8 Å². The monoisotopic (exact) mass is 351 g/mol. The maximum atomic E-state index is 5.96. The molecule has 0 unspecified atom stereocenters. The Labute approximate surface area is 153 Å². The van der Waals surface area contributed by atoms with E-state index in [0.29, 0.717) is 5.92 Å². The standard InChI is InChI=1S/C20H25N5O/c1-24-14-19(13-23-24)20-17(7-10-26-20)12-21-11-16-5-2-3-6-18(16)15-25-9-4-8-22-25/h2-6,8-9,13-14,17,20-21H,7,10-12,15H2,1H3/t17-,20+/m1/s1. The zero-order valence-electron chi connectivity index (χ0n) is 15.1. The highest BCUT2D eigenvalue weighted by atomic mass is 16.5. The number of benzene rings is 1. The lowest BCUT2D eigenvalue weighted by atomic mass is 9.97. The van der Waals surface area contributed by atoms with Crippen LogP contribution in [0.25, 0.3) is 0 Å². The van der Waals surface area contributed by atoms with Gasteiger partial charge < -0.3 is 10.1 Å². The van der Waals surface area contributed by atoms with Gasteiger partial charge in [0.2, 0.25) is 0 Å². The van der Waals surface area contributed by atoms with Crippen molar-refractivity contribution < 1.29 is 4.74 Å². The van der Waals surface area contributed by atoms with Gasteiger partial charge in [0, 0.05) is 56.8 Å². The lowest BCUT2D eigenvalue weighted by Crippen LogP contribution is -2.25. The predicted molar refractivity (Wildman–Crippen MR) is 99.5 cm³/mol. The number of hydrogen-bond acceptors (Lipinski definition) is 4. The van der Waals surface area contributed by atoms with Crippen molar-refractivity contribution in [3.63, 3.8) is 0 Å². The molecule has 0 bridgehead atoms. The summed E-state index contributed by atoms with van der Waals surface area (Å²) in [4.78, 5) is 0. The fourth-order valence-corrected chi connectivity index (χ4v) is 3.64. The summed E-state index contributed by atoms with van der Waals surface area (Å²) < 4.78 is 9.76. The predicted octanol–water partition coefficient (Wildman–Crippen LogP) is 2.53. The number of rotatable bonds is 7. The van der Waals surface area contributed by atoms with Crippen LogP contribution in [-0.4, -0.2) is 32.7 Å². The highest BCUT2D eigenvalue weighted by Gasteiger charge is 2.30. The molecular weight excluding hydrogens is 326 g/mol. The van der Waals surface area contributed by atoms with Crippen molar-refractivity contribution in [1.82, 2.24) is 24.9 Å². The first-order valence-corrected chi connectivity index (χ1v) is 9.14. The fourth-order valence-electron chi connectivity index (χ4n) is 3.64.